The smallest absolute Gasteiger partial charge is 0.408 e. The van der Waals surface area contributed by atoms with E-state index in [4.69, 9.17) is 16.0 Å². The highest BCUT2D eigenvalue weighted by Gasteiger charge is 2.16. The molecule has 3 aromatic rings. The number of oxazole rings is 1. The molecule has 2 aromatic heterocycles. The van der Waals surface area contributed by atoms with Crippen molar-refractivity contribution in [2.45, 2.75) is 20.4 Å². The Bertz CT molecular complexity index is 967. The third-order valence-electron chi connectivity index (χ3n) is 3.71. The lowest BCUT2D eigenvalue weighted by Crippen LogP contribution is -2.25. The molecule has 3 rings (SSSR count). The molecule has 8 heteroatoms. The first-order chi connectivity index (χ1) is 10.9. The van der Waals surface area contributed by atoms with Gasteiger partial charge >= 0.3 is 5.76 Å². The number of amides is 1. The van der Waals surface area contributed by atoms with E-state index >= 15 is 0 Å². The number of aryl methyl sites for hydroxylation is 2. The topological polar surface area (TPSA) is 82.1 Å². The van der Waals surface area contributed by atoms with Crippen LogP contribution in [0.2, 0.25) is 5.02 Å². The van der Waals surface area contributed by atoms with Gasteiger partial charge in [0.15, 0.2) is 5.58 Å². The summed E-state index contributed by atoms with van der Waals surface area (Å²) >= 11 is 5.87. The molecule has 0 aliphatic carbocycles. The normalized spacial score (nSPS) is 11.1. The van der Waals surface area contributed by atoms with Crippen LogP contribution in [0.4, 0.5) is 5.69 Å². The second kappa shape index (κ2) is 5.58. The van der Waals surface area contributed by atoms with Crippen LogP contribution in [0.3, 0.4) is 0 Å². The second-order valence-electron chi connectivity index (χ2n) is 5.28. The van der Waals surface area contributed by atoms with Crippen LogP contribution in [-0.2, 0) is 18.4 Å². The molecule has 120 valence electrons. The lowest BCUT2D eigenvalue weighted by atomic mass is 10.3. The number of hydrogen-bond donors (Lipinski definition) is 1. The SMILES string of the molecule is Cc1nn(C)c(C)c1NC(=O)Cn1c(=O)oc2cc(Cl)ccc21. The van der Waals surface area contributed by atoms with E-state index in [-0.39, 0.29) is 12.5 Å². The Morgan fingerprint density at radius 1 is 1.39 bits per heavy atom. The quantitative estimate of drug-likeness (QED) is 0.796. The van der Waals surface area contributed by atoms with Crippen LogP contribution in [0.15, 0.2) is 27.4 Å². The van der Waals surface area contributed by atoms with E-state index in [1.165, 1.54) is 4.57 Å². The number of benzene rings is 1. The molecule has 0 saturated heterocycles. The van der Waals surface area contributed by atoms with Crippen molar-refractivity contribution >= 4 is 34.3 Å². The van der Waals surface area contributed by atoms with E-state index in [0.29, 0.717) is 21.8 Å². The zero-order valence-electron chi connectivity index (χ0n) is 12.9. The van der Waals surface area contributed by atoms with Crippen molar-refractivity contribution in [2.24, 2.45) is 7.05 Å². The molecule has 0 aliphatic rings. The molecule has 1 N–H and O–H groups in total. The van der Waals surface area contributed by atoms with Crippen LogP contribution < -0.4 is 11.1 Å². The molecule has 1 aromatic carbocycles. The number of hydrogen-bond acceptors (Lipinski definition) is 4. The molecule has 0 spiro atoms. The Kier molecular flexibility index (Phi) is 3.73. The first-order valence-corrected chi connectivity index (χ1v) is 7.33. The lowest BCUT2D eigenvalue weighted by Gasteiger charge is -2.06. The number of fused-ring (bicyclic) bond motifs is 1. The molecule has 0 aliphatic heterocycles. The van der Waals surface area contributed by atoms with E-state index < -0.39 is 5.76 Å². The number of aromatic nitrogens is 3. The first kappa shape index (κ1) is 15.4. The molecule has 0 atom stereocenters. The zero-order valence-corrected chi connectivity index (χ0v) is 13.6. The Hall–Kier alpha value is -2.54. The molecule has 0 saturated carbocycles. The number of carbonyl (C=O) groups excluding carboxylic acids is 1. The minimum Gasteiger partial charge on any atom is -0.408 e. The standard InChI is InChI=1S/C15H15ClN4O3/c1-8-14(9(2)19(3)18-8)17-13(21)7-20-11-5-4-10(16)6-12(11)23-15(20)22/h4-6H,7H2,1-3H3,(H,17,21). The monoisotopic (exact) mass is 334 g/mol. The van der Waals surface area contributed by atoms with E-state index in [9.17, 15) is 9.59 Å². The summed E-state index contributed by atoms with van der Waals surface area (Å²) in [5.41, 5.74) is 3.08. The van der Waals surface area contributed by atoms with E-state index in [1.54, 1.807) is 29.9 Å². The van der Waals surface area contributed by atoms with Gasteiger partial charge in [0, 0.05) is 18.1 Å². The molecule has 0 bridgehead atoms. The van der Waals surface area contributed by atoms with E-state index in [2.05, 4.69) is 10.4 Å². The van der Waals surface area contributed by atoms with E-state index in [1.807, 2.05) is 13.8 Å². The fourth-order valence-electron chi connectivity index (χ4n) is 2.47. The van der Waals surface area contributed by atoms with Gasteiger partial charge in [-0.15, -0.1) is 0 Å². The van der Waals surface area contributed by atoms with Crippen LogP contribution in [0.1, 0.15) is 11.4 Å². The highest BCUT2D eigenvalue weighted by Crippen LogP contribution is 2.20. The minimum absolute atomic E-state index is 0.152. The van der Waals surface area contributed by atoms with Crippen molar-refractivity contribution in [2.75, 3.05) is 5.32 Å². The van der Waals surface area contributed by atoms with Gasteiger partial charge in [0.05, 0.1) is 22.6 Å². The Morgan fingerprint density at radius 2 is 2.13 bits per heavy atom. The Morgan fingerprint density at radius 3 is 2.78 bits per heavy atom. The fourth-order valence-corrected chi connectivity index (χ4v) is 2.63. The van der Waals surface area contributed by atoms with Crippen molar-refractivity contribution in [3.63, 3.8) is 0 Å². The van der Waals surface area contributed by atoms with Gasteiger partial charge in [0.2, 0.25) is 5.91 Å². The number of anilines is 1. The van der Waals surface area contributed by atoms with Gasteiger partial charge in [-0.1, -0.05) is 11.6 Å². The maximum atomic E-state index is 12.3. The maximum Gasteiger partial charge on any atom is 0.420 e. The third kappa shape index (κ3) is 2.75. The zero-order chi connectivity index (χ0) is 16.7. The van der Waals surface area contributed by atoms with Gasteiger partial charge < -0.3 is 9.73 Å². The number of halogens is 1. The van der Waals surface area contributed by atoms with Crippen LogP contribution in [-0.4, -0.2) is 20.3 Å². The predicted molar refractivity (Wildman–Crippen MR) is 86.8 cm³/mol. The summed E-state index contributed by atoms with van der Waals surface area (Å²) in [5, 5.41) is 7.49. The molecule has 0 radical (unpaired) electrons. The molecule has 1 amide bonds. The third-order valence-corrected chi connectivity index (χ3v) is 3.94. The molecular formula is C15H15ClN4O3. The number of carbonyl (C=O) groups is 1. The van der Waals surface area contributed by atoms with Gasteiger partial charge in [-0.2, -0.15) is 5.10 Å². The molecule has 0 unspecified atom stereocenters. The molecule has 0 fully saturated rings. The number of rotatable bonds is 3. The summed E-state index contributed by atoms with van der Waals surface area (Å²) in [4.78, 5) is 24.2. The number of nitrogens with zero attached hydrogens (tertiary/aromatic N) is 3. The summed E-state index contributed by atoms with van der Waals surface area (Å²) in [6.45, 7) is 3.52. The summed E-state index contributed by atoms with van der Waals surface area (Å²) in [5.74, 6) is -0.930. The summed E-state index contributed by atoms with van der Waals surface area (Å²) < 4.78 is 8.06. The molecule has 2 heterocycles. The lowest BCUT2D eigenvalue weighted by molar-refractivity contribution is -0.116. The van der Waals surface area contributed by atoms with Crippen molar-refractivity contribution in [1.29, 1.82) is 0 Å². The van der Waals surface area contributed by atoms with E-state index in [0.717, 1.165) is 11.4 Å². The van der Waals surface area contributed by atoms with Gasteiger partial charge in [-0.3, -0.25) is 14.0 Å². The highest BCUT2D eigenvalue weighted by atomic mass is 35.5. The van der Waals surface area contributed by atoms with Gasteiger partial charge in [0.1, 0.15) is 6.54 Å². The minimum atomic E-state index is -0.600. The van der Waals surface area contributed by atoms with Crippen molar-refractivity contribution in [1.82, 2.24) is 14.3 Å². The van der Waals surface area contributed by atoms with Crippen molar-refractivity contribution in [3.8, 4) is 0 Å². The maximum absolute atomic E-state index is 12.3. The average molecular weight is 335 g/mol. The summed E-state index contributed by atoms with van der Waals surface area (Å²) in [6, 6.07) is 4.83. The van der Waals surface area contributed by atoms with Crippen LogP contribution in [0.25, 0.3) is 11.1 Å². The van der Waals surface area contributed by atoms with Crippen molar-refractivity contribution < 1.29 is 9.21 Å². The largest absolute Gasteiger partial charge is 0.420 e. The van der Waals surface area contributed by atoms with Crippen LogP contribution in [0, 0.1) is 13.8 Å². The Labute approximate surface area is 136 Å². The van der Waals surface area contributed by atoms with Crippen LogP contribution in [0.5, 0.6) is 0 Å². The molecular weight excluding hydrogens is 320 g/mol. The Balaban J connectivity index is 1.89. The summed E-state index contributed by atoms with van der Waals surface area (Å²) in [7, 11) is 1.80. The molecule has 7 nitrogen and oxygen atoms in total. The van der Waals surface area contributed by atoms with Gasteiger partial charge in [-0.25, -0.2) is 4.79 Å². The highest BCUT2D eigenvalue weighted by molar-refractivity contribution is 6.31. The van der Waals surface area contributed by atoms with Crippen molar-refractivity contribution in [3.05, 3.63) is 45.2 Å². The number of nitrogens with one attached hydrogen (secondary N) is 1. The average Bonchev–Trinajstić information content (AvgIpc) is 2.90. The van der Waals surface area contributed by atoms with Crippen LogP contribution >= 0.6 is 11.6 Å². The summed E-state index contributed by atoms with van der Waals surface area (Å²) in [6.07, 6.45) is 0. The predicted octanol–water partition coefficient (Wildman–Crippen LogP) is 2.24. The van der Waals surface area contributed by atoms with Gasteiger partial charge in [-0.05, 0) is 26.0 Å². The first-order valence-electron chi connectivity index (χ1n) is 6.95. The fraction of sp³-hybridized carbons (Fsp3) is 0.267. The molecule has 23 heavy (non-hydrogen) atoms. The second-order valence-corrected chi connectivity index (χ2v) is 5.72. The van der Waals surface area contributed by atoms with Gasteiger partial charge in [0.25, 0.3) is 0 Å².